The van der Waals surface area contributed by atoms with E-state index < -0.39 is 0 Å². The molecular formula is C36H54S3. The zero-order chi connectivity index (χ0) is 27.3. The predicted molar refractivity (Wildman–Crippen MR) is 184 cm³/mol. The molecule has 0 nitrogen and oxygen atoms in total. The molecule has 0 spiro atoms. The van der Waals surface area contributed by atoms with Crippen molar-refractivity contribution in [3.63, 3.8) is 0 Å². The van der Waals surface area contributed by atoms with Crippen LogP contribution in [0.15, 0.2) is 18.2 Å². The van der Waals surface area contributed by atoms with Crippen molar-refractivity contribution in [2.75, 3.05) is 0 Å². The molecule has 0 atom stereocenters. The zero-order valence-corrected chi connectivity index (χ0v) is 27.8. The average molecular weight is 583 g/mol. The Morgan fingerprint density at radius 1 is 0.359 bits per heavy atom. The summed E-state index contributed by atoms with van der Waals surface area (Å²) in [5, 5.41) is 4.68. The number of hydrogen-bond acceptors (Lipinski definition) is 3. The first-order chi connectivity index (χ1) is 19.2. The van der Waals surface area contributed by atoms with Crippen molar-refractivity contribution >= 4 is 64.3 Å². The second-order valence-corrected chi connectivity index (χ2v) is 15.3. The first kappa shape index (κ1) is 31.0. The maximum Gasteiger partial charge on any atom is 0.0447 e. The summed E-state index contributed by atoms with van der Waals surface area (Å²) in [5.41, 5.74) is 0. The van der Waals surface area contributed by atoms with Crippen LogP contribution in [0.25, 0.3) is 30.3 Å². The van der Waals surface area contributed by atoms with Gasteiger partial charge >= 0.3 is 0 Å². The minimum Gasteiger partial charge on any atom is -0.140 e. The van der Waals surface area contributed by atoms with Gasteiger partial charge in [0.05, 0.1) is 0 Å². The van der Waals surface area contributed by atoms with Crippen LogP contribution < -0.4 is 0 Å². The Morgan fingerprint density at radius 2 is 0.615 bits per heavy atom. The number of unbranched alkanes of at least 4 members (excludes halogenated alkanes) is 15. The van der Waals surface area contributed by atoms with Crippen LogP contribution in [0.1, 0.15) is 151 Å². The standard InChI is InChI=1S/C36H54S3/c1-4-7-10-13-16-19-22-28-25-31-34(37-28)32-26-29(23-20-17-14-11-8-5-2)39-36(32)33-27-30(38-35(31)33)24-21-18-15-12-9-6-3/h25-27H,4-24H2,1-3H3. The number of aryl methyl sites for hydroxylation is 3. The average Bonchev–Trinajstić information content (AvgIpc) is 3.66. The predicted octanol–water partition coefficient (Wildman–Crippen LogP) is 14.0. The second-order valence-electron chi connectivity index (χ2n) is 11.9. The molecule has 3 aromatic heterocycles. The van der Waals surface area contributed by atoms with E-state index in [0.717, 1.165) is 0 Å². The van der Waals surface area contributed by atoms with E-state index in [1.807, 2.05) is 0 Å². The highest BCUT2D eigenvalue weighted by Gasteiger charge is 2.17. The van der Waals surface area contributed by atoms with Crippen LogP contribution in [-0.4, -0.2) is 0 Å². The van der Waals surface area contributed by atoms with Crippen molar-refractivity contribution in [3.8, 4) is 0 Å². The van der Waals surface area contributed by atoms with Crippen LogP contribution in [0, 0.1) is 0 Å². The molecule has 0 radical (unpaired) electrons. The normalized spacial score (nSPS) is 12.1. The lowest BCUT2D eigenvalue weighted by Gasteiger charge is -1.99. The summed E-state index contributed by atoms with van der Waals surface area (Å²) in [6, 6.07) is 7.76. The molecule has 4 rings (SSSR count). The van der Waals surface area contributed by atoms with Gasteiger partial charge in [-0.25, -0.2) is 0 Å². The lowest BCUT2D eigenvalue weighted by Crippen LogP contribution is -1.82. The third-order valence-corrected chi connectivity index (χ3v) is 12.1. The fourth-order valence-electron chi connectivity index (χ4n) is 6.04. The van der Waals surface area contributed by atoms with Crippen LogP contribution >= 0.6 is 34.0 Å². The van der Waals surface area contributed by atoms with Gasteiger partial charge in [-0.2, -0.15) is 0 Å². The molecule has 0 aliphatic rings. The molecule has 0 N–H and O–H groups in total. The summed E-state index contributed by atoms with van der Waals surface area (Å²) >= 11 is 6.34. The number of thiophene rings is 3. The molecule has 0 saturated heterocycles. The Balaban J connectivity index is 1.52. The van der Waals surface area contributed by atoms with E-state index in [0.29, 0.717) is 0 Å². The second kappa shape index (κ2) is 17.1. The third kappa shape index (κ3) is 9.04. The van der Waals surface area contributed by atoms with Crippen LogP contribution in [0.2, 0.25) is 0 Å². The quantitative estimate of drug-likeness (QED) is 0.0857. The van der Waals surface area contributed by atoms with Crippen molar-refractivity contribution in [2.45, 2.75) is 156 Å². The maximum atomic E-state index is 2.59. The number of benzene rings is 1. The van der Waals surface area contributed by atoms with Crippen molar-refractivity contribution < 1.29 is 0 Å². The van der Waals surface area contributed by atoms with Crippen LogP contribution in [0.4, 0.5) is 0 Å². The highest BCUT2D eigenvalue weighted by Crippen LogP contribution is 2.46. The van der Waals surface area contributed by atoms with Gasteiger partial charge in [-0.05, 0) is 56.7 Å². The van der Waals surface area contributed by atoms with E-state index in [-0.39, 0.29) is 0 Å². The Labute approximate surface area is 251 Å². The first-order valence-electron chi connectivity index (χ1n) is 16.6. The maximum absolute atomic E-state index is 2.59. The summed E-state index contributed by atoms with van der Waals surface area (Å²) in [6.45, 7) is 6.93. The van der Waals surface area contributed by atoms with Crippen LogP contribution in [0.3, 0.4) is 0 Å². The largest absolute Gasteiger partial charge is 0.140 e. The summed E-state index contributed by atoms with van der Waals surface area (Å²) in [6.07, 6.45) is 28.7. The molecule has 0 saturated carbocycles. The number of rotatable bonds is 21. The van der Waals surface area contributed by atoms with Gasteiger partial charge in [0, 0.05) is 44.9 Å². The molecule has 0 aliphatic carbocycles. The minimum atomic E-state index is 1.26. The molecule has 3 heterocycles. The summed E-state index contributed by atoms with van der Waals surface area (Å²) < 4.78 is 4.74. The van der Waals surface area contributed by atoms with Gasteiger partial charge in [0.15, 0.2) is 0 Å². The van der Waals surface area contributed by atoms with Gasteiger partial charge in [-0.15, -0.1) is 34.0 Å². The van der Waals surface area contributed by atoms with E-state index in [1.54, 1.807) is 44.9 Å². The Morgan fingerprint density at radius 3 is 0.897 bits per heavy atom. The molecule has 39 heavy (non-hydrogen) atoms. The molecule has 0 unspecified atom stereocenters. The highest BCUT2D eigenvalue weighted by atomic mass is 32.1. The Kier molecular flexibility index (Phi) is 13.6. The molecule has 3 heteroatoms. The molecule has 216 valence electrons. The smallest absolute Gasteiger partial charge is 0.0447 e. The fourth-order valence-corrected chi connectivity index (χ4v) is 9.92. The zero-order valence-electron chi connectivity index (χ0n) is 25.3. The monoisotopic (exact) mass is 582 g/mol. The summed E-state index contributed by atoms with van der Waals surface area (Å²) in [5.74, 6) is 0. The molecule has 0 fully saturated rings. The number of fused-ring (bicyclic) bond motifs is 6. The highest BCUT2D eigenvalue weighted by molar-refractivity contribution is 7.26. The molecule has 0 bridgehead atoms. The topological polar surface area (TPSA) is 0 Å². The van der Waals surface area contributed by atoms with Gasteiger partial charge in [-0.1, -0.05) is 117 Å². The van der Waals surface area contributed by atoms with E-state index in [9.17, 15) is 0 Å². The molecule has 0 aliphatic heterocycles. The van der Waals surface area contributed by atoms with Crippen LogP contribution in [-0.2, 0) is 19.3 Å². The van der Waals surface area contributed by atoms with Crippen molar-refractivity contribution in [2.24, 2.45) is 0 Å². The first-order valence-corrected chi connectivity index (χ1v) is 19.1. The molecule has 4 aromatic rings. The minimum absolute atomic E-state index is 1.26. The van der Waals surface area contributed by atoms with Crippen molar-refractivity contribution in [1.82, 2.24) is 0 Å². The van der Waals surface area contributed by atoms with Gasteiger partial charge in [0.2, 0.25) is 0 Å². The van der Waals surface area contributed by atoms with E-state index in [1.165, 1.54) is 135 Å². The lowest BCUT2D eigenvalue weighted by molar-refractivity contribution is 0.609. The van der Waals surface area contributed by atoms with E-state index >= 15 is 0 Å². The third-order valence-electron chi connectivity index (χ3n) is 8.41. The van der Waals surface area contributed by atoms with Gasteiger partial charge < -0.3 is 0 Å². The summed E-state index contributed by atoms with van der Waals surface area (Å²) in [7, 11) is 0. The molecule has 1 aromatic carbocycles. The Hall–Kier alpha value is -0.900. The fraction of sp³-hybridized carbons (Fsp3) is 0.667. The van der Waals surface area contributed by atoms with Gasteiger partial charge in [-0.3, -0.25) is 0 Å². The Bertz CT molecular complexity index is 986. The molecule has 0 amide bonds. The summed E-state index contributed by atoms with van der Waals surface area (Å²) in [4.78, 5) is 4.84. The van der Waals surface area contributed by atoms with Crippen LogP contribution in [0.5, 0.6) is 0 Å². The van der Waals surface area contributed by atoms with E-state index in [4.69, 9.17) is 0 Å². The van der Waals surface area contributed by atoms with Crippen molar-refractivity contribution in [1.29, 1.82) is 0 Å². The van der Waals surface area contributed by atoms with Gasteiger partial charge in [0.1, 0.15) is 0 Å². The SMILES string of the molecule is CCCCCCCCc1cc2c(s1)c1cc(CCCCCCCC)sc1c1cc(CCCCCCCC)sc21. The van der Waals surface area contributed by atoms with Gasteiger partial charge in [0.25, 0.3) is 0 Å². The van der Waals surface area contributed by atoms with Crippen molar-refractivity contribution in [3.05, 3.63) is 32.8 Å². The van der Waals surface area contributed by atoms with E-state index in [2.05, 4.69) is 73.0 Å². The number of hydrogen-bond donors (Lipinski definition) is 0. The lowest BCUT2D eigenvalue weighted by atomic mass is 10.1. The molecular weight excluding hydrogens is 529 g/mol.